The van der Waals surface area contributed by atoms with E-state index in [4.69, 9.17) is 9.15 Å². The van der Waals surface area contributed by atoms with Gasteiger partial charge in [-0.2, -0.15) is 0 Å². The summed E-state index contributed by atoms with van der Waals surface area (Å²) in [6, 6.07) is 9.63. The topological polar surface area (TPSA) is 51.8 Å². The Morgan fingerprint density at radius 3 is 2.88 bits per heavy atom. The number of hydrogen-bond donors (Lipinski definition) is 0. The van der Waals surface area contributed by atoms with Crippen molar-refractivity contribution < 1.29 is 13.9 Å². The minimum Gasteiger partial charge on any atom is -0.448 e. The number of nitrogens with zero attached hydrogens (tertiary/aromatic N) is 1. The lowest BCUT2D eigenvalue weighted by Gasteiger charge is -1.93. The molecule has 1 aromatic heterocycles. The van der Waals surface area contributed by atoms with Crippen LogP contribution in [0.3, 0.4) is 0 Å². The van der Waals surface area contributed by atoms with Gasteiger partial charge in [0.15, 0.2) is 0 Å². The fourth-order valence-corrected chi connectivity index (χ4v) is 1.91. The molecule has 2 rings (SSSR count). The van der Waals surface area contributed by atoms with Crippen molar-refractivity contribution in [3.05, 3.63) is 40.6 Å². The Hall–Kier alpha value is -1.88. The normalized spacial score (nSPS) is 11.5. The van der Waals surface area contributed by atoms with Gasteiger partial charge in [-0.3, -0.25) is 0 Å². The average Bonchev–Trinajstić information content (AvgIpc) is 2.79. The van der Waals surface area contributed by atoms with Crippen LogP contribution in [0.2, 0.25) is 0 Å². The first-order valence-electron chi connectivity index (χ1n) is 5.15. The van der Waals surface area contributed by atoms with E-state index in [1.54, 1.807) is 6.92 Å². The van der Waals surface area contributed by atoms with Crippen LogP contribution in [0.1, 0.15) is 6.92 Å². The summed E-state index contributed by atoms with van der Waals surface area (Å²) in [4.78, 5) is 15.1. The Kier molecular flexibility index (Phi) is 3.72. The van der Waals surface area contributed by atoms with Crippen LogP contribution in [-0.4, -0.2) is 12.7 Å². The van der Waals surface area contributed by atoms with E-state index in [2.05, 4.69) is 4.99 Å². The van der Waals surface area contributed by atoms with Gasteiger partial charge in [-0.1, -0.05) is 41.7 Å². The quantitative estimate of drug-likeness (QED) is 0.821. The molecule has 2 aromatic rings. The monoisotopic (exact) mass is 249 g/mol. The Balaban J connectivity index is 2.25. The third-order valence-corrected chi connectivity index (χ3v) is 2.68. The van der Waals surface area contributed by atoms with Crippen molar-refractivity contribution in [2.45, 2.75) is 6.92 Å². The summed E-state index contributed by atoms with van der Waals surface area (Å²) in [6.07, 6.45) is -0.627. The zero-order chi connectivity index (χ0) is 12.1. The second-order valence-electron chi connectivity index (χ2n) is 3.14. The molecule has 0 aliphatic rings. The van der Waals surface area contributed by atoms with E-state index in [9.17, 15) is 4.79 Å². The second-order valence-corrected chi connectivity index (χ2v) is 3.97. The smallest absolute Gasteiger partial charge is 0.437 e. The van der Waals surface area contributed by atoms with E-state index >= 15 is 0 Å². The highest BCUT2D eigenvalue weighted by molar-refractivity contribution is 7.07. The minimum atomic E-state index is -0.627. The molecule has 0 unspecified atom stereocenters. The van der Waals surface area contributed by atoms with E-state index in [1.807, 2.05) is 35.7 Å². The van der Waals surface area contributed by atoms with Crippen LogP contribution < -0.4 is 4.87 Å². The third kappa shape index (κ3) is 3.04. The molecule has 0 saturated carbocycles. The molecule has 5 heteroatoms. The van der Waals surface area contributed by atoms with Crippen LogP contribution in [0.15, 0.2) is 45.1 Å². The van der Waals surface area contributed by atoms with E-state index in [-0.39, 0.29) is 0 Å². The molecule has 0 atom stereocenters. The molecule has 4 nitrogen and oxygen atoms in total. The molecule has 1 amide bonds. The number of rotatable bonds is 2. The molecule has 0 aliphatic heterocycles. The van der Waals surface area contributed by atoms with Crippen LogP contribution >= 0.6 is 11.3 Å². The van der Waals surface area contributed by atoms with Crippen molar-refractivity contribution in [2.75, 3.05) is 6.61 Å². The lowest BCUT2D eigenvalue weighted by Crippen LogP contribution is -2.03. The van der Waals surface area contributed by atoms with Gasteiger partial charge in [0.05, 0.1) is 6.61 Å². The Morgan fingerprint density at radius 2 is 2.18 bits per heavy atom. The van der Waals surface area contributed by atoms with Gasteiger partial charge in [-0.05, 0) is 6.92 Å². The van der Waals surface area contributed by atoms with Crippen LogP contribution in [0.5, 0.6) is 0 Å². The van der Waals surface area contributed by atoms with Crippen molar-refractivity contribution in [3.8, 4) is 11.3 Å². The highest BCUT2D eigenvalue weighted by atomic mass is 32.1. The highest BCUT2D eigenvalue weighted by Crippen LogP contribution is 2.18. The predicted molar refractivity (Wildman–Crippen MR) is 64.6 cm³/mol. The Morgan fingerprint density at radius 1 is 1.41 bits per heavy atom. The lowest BCUT2D eigenvalue weighted by molar-refractivity contribution is 0.162. The first kappa shape index (κ1) is 11.6. The zero-order valence-electron chi connectivity index (χ0n) is 9.25. The number of amides is 1. The molecule has 0 aliphatic carbocycles. The molecular formula is C12H11NO3S. The van der Waals surface area contributed by atoms with Crippen LogP contribution in [0.4, 0.5) is 4.79 Å². The van der Waals surface area contributed by atoms with E-state index in [1.165, 1.54) is 11.3 Å². The van der Waals surface area contributed by atoms with Crippen molar-refractivity contribution in [1.82, 2.24) is 0 Å². The Bertz CT molecular complexity index is 556. The van der Waals surface area contributed by atoms with Crippen molar-refractivity contribution in [1.29, 1.82) is 0 Å². The summed E-state index contributed by atoms with van der Waals surface area (Å²) in [5.41, 5.74) is 0.953. The summed E-state index contributed by atoms with van der Waals surface area (Å²) in [5.74, 6) is 0.693. The van der Waals surface area contributed by atoms with E-state index in [0.29, 0.717) is 17.2 Å². The molecular weight excluding hydrogens is 238 g/mol. The maximum Gasteiger partial charge on any atom is 0.437 e. The van der Waals surface area contributed by atoms with E-state index in [0.717, 1.165) is 5.56 Å². The van der Waals surface area contributed by atoms with Crippen LogP contribution in [0.25, 0.3) is 11.3 Å². The Labute approximate surface area is 102 Å². The average molecular weight is 249 g/mol. The summed E-state index contributed by atoms with van der Waals surface area (Å²) >= 11 is 1.26. The van der Waals surface area contributed by atoms with Crippen molar-refractivity contribution in [3.63, 3.8) is 0 Å². The van der Waals surface area contributed by atoms with Gasteiger partial charge < -0.3 is 9.15 Å². The van der Waals surface area contributed by atoms with Gasteiger partial charge in [0.2, 0.25) is 0 Å². The van der Waals surface area contributed by atoms with Crippen LogP contribution in [-0.2, 0) is 4.74 Å². The standard InChI is InChI=1S/C12H11NO3S/c1-2-15-11(14)13-12-16-10(8-17-12)9-6-4-3-5-7-9/h3-8H,2H2,1H3/b13-12-. The number of ether oxygens (including phenoxy) is 1. The second kappa shape index (κ2) is 5.45. The minimum absolute atomic E-state index is 0.294. The predicted octanol–water partition coefficient (Wildman–Crippen LogP) is 3.07. The van der Waals surface area contributed by atoms with Gasteiger partial charge in [0, 0.05) is 10.9 Å². The molecule has 0 bridgehead atoms. The SMILES string of the molecule is CCOC(=O)/N=c1/oc(-c2ccccc2)cs1. The maximum atomic E-state index is 11.1. The third-order valence-electron chi connectivity index (χ3n) is 1.97. The zero-order valence-corrected chi connectivity index (χ0v) is 10.1. The summed E-state index contributed by atoms with van der Waals surface area (Å²) < 4.78 is 10.1. The van der Waals surface area contributed by atoms with Gasteiger partial charge in [-0.25, -0.2) is 4.79 Å². The number of benzene rings is 1. The first-order chi connectivity index (χ1) is 8.29. The molecule has 17 heavy (non-hydrogen) atoms. The number of carbonyl (C=O) groups excluding carboxylic acids is 1. The molecule has 0 spiro atoms. The molecule has 0 N–H and O–H groups in total. The lowest BCUT2D eigenvalue weighted by atomic mass is 10.2. The molecule has 0 fully saturated rings. The van der Waals surface area contributed by atoms with E-state index < -0.39 is 6.09 Å². The first-order valence-corrected chi connectivity index (χ1v) is 6.03. The maximum absolute atomic E-state index is 11.1. The summed E-state index contributed by atoms with van der Waals surface area (Å²) in [7, 11) is 0. The van der Waals surface area contributed by atoms with Gasteiger partial charge in [0.1, 0.15) is 5.76 Å². The molecule has 0 saturated heterocycles. The number of carbonyl (C=O) groups is 1. The summed E-state index contributed by atoms with van der Waals surface area (Å²) in [6.45, 7) is 2.04. The highest BCUT2D eigenvalue weighted by Gasteiger charge is 2.03. The molecule has 1 heterocycles. The van der Waals surface area contributed by atoms with Gasteiger partial charge in [-0.15, -0.1) is 4.99 Å². The largest absolute Gasteiger partial charge is 0.448 e. The molecule has 1 aromatic carbocycles. The van der Waals surface area contributed by atoms with Gasteiger partial charge >= 0.3 is 6.09 Å². The number of hydrogen-bond acceptors (Lipinski definition) is 4. The fourth-order valence-electron chi connectivity index (χ4n) is 1.25. The van der Waals surface area contributed by atoms with Crippen molar-refractivity contribution >= 4 is 17.4 Å². The molecule has 88 valence electrons. The summed E-state index contributed by atoms with van der Waals surface area (Å²) in [5, 5.41) is 1.81. The van der Waals surface area contributed by atoms with Gasteiger partial charge in [0.25, 0.3) is 4.87 Å². The van der Waals surface area contributed by atoms with Crippen molar-refractivity contribution in [2.24, 2.45) is 4.99 Å². The fraction of sp³-hybridized carbons (Fsp3) is 0.167. The molecule has 0 radical (unpaired) electrons. The van der Waals surface area contributed by atoms with Crippen LogP contribution in [0, 0.1) is 0 Å².